The Hall–Kier alpha value is -1.96. The van der Waals surface area contributed by atoms with Crippen molar-refractivity contribution >= 4 is 5.78 Å². The molecule has 0 saturated carbocycles. The van der Waals surface area contributed by atoms with Gasteiger partial charge in [-0.3, -0.25) is 9.78 Å². The number of rotatable bonds is 4. The molecule has 0 atom stereocenters. The van der Waals surface area contributed by atoms with Crippen LogP contribution in [0.15, 0.2) is 48.7 Å². The molecule has 2 aromatic rings. The van der Waals surface area contributed by atoms with Crippen LogP contribution in [0.3, 0.4) is 0 Å². The number of Topliss-reactive ketones (excluding diaryl/α,β-unsaturated/α-hetero) is 1. The second kappa shape index (κ2) is 5.39. The summed E-state index contributed by atoms with van der Waals surface area (Å²) in [5.41, 5.74) is 3.01. The van der Waals surface area contributed by atoms with E-state index in [1.165, 1.54) is 5.56 Å². The number of aromatic nitrogens is 1. The maximum absolute atomic E-state index is 11.5. The molecule has 0 spiro atoms. The molecule has 1 aromatic heterocycles. The molecule has 1 heterocycles. The Bertz CT molecular complexity index is 488. The molecule has 0 aliphatic carbocycles. The van der Waals surface area contributed by atoms with Crippen molar-refractivity contribution < 1.29 is 4.79 Å². The quantitative estimate of drug-likeness (QED) is 0.747. The van der Waals surface area contributed by atoms with Gasteiger partial charge in [0.2, 0.25) is 0 Å². The molecule has 2 nitrogen and oxygen atoms in total. The summed E-state index contributed by atoms with van der Waals surface area (Å²) in [6.45, 7) is 1.88. The second-order valence-corrected chi connectivity index (χ2v) is 3.97. The number of carbonyl (C=O) groups excluding carboxylic acids is 1. The Morgan fingerprint density at radius 1 is 1.12 bits per heavy atom. The highest BCUT2D eigenvalue weighted by molar-refractivity contribution is 5.95. The number of hydrogen-bond donors (Lipinski definition) is 0. The number of pyridine rings is 1. The molecule has 0 amide bonds. The van der Waals surface area contributed by atoms with Crippen LogP contribution in [0.4, 0.5) is 0 Å². The van der Waals surface area contributed by atoms with Crippen molar-refractivity contribution in [3.8, 4) is 0 Å². The Balaban J connectivity index is 2.11. The first kappa shape index (κ1) is 11.5. The van der Waals surface area contributed by atoms with Crippen LogP contribution < -0.4 is 0 Å². The van der Waals surface area contributed by atoms with Gasteiger partial charge in [-0.15, -0.1) is 0 Å². The molecule has 0 fully saturated rings. The van der Waals surface area contributed by atoms with Crippen molar-refractivity contribution in [2.24, 2.45) is 0 Å². The summed E-state index contributed by atoms with van der Waals surface area (Å²) < 4.78 is 0. The summed E-state index contributed by atoms with van der Waals surface area (Å²) in [7, 11) is 0. The van der Waals surface area contributed by atoms with E-state index >= 15 is 0 Å². The van der Waals surface area contributed by atoms with Gasteiger partial charge in [-0.05, 0) is 17.7 Å². The van der Waals surface area contributed by atoms with E-state index in [2.05, 4.69) is 4.98 Å². The Morgan fingerprint density at radius 3 is 2.47 bits per heavy atom. The second-order valence-electron chi connectivity index (χ2n) is 3.97. The third-order valence-electron chi connectivity index (χ3n) is 2.71. The zero-order valence-electron chi connectivity index (χ0n) is 9.89. The van der Waals surface area contributed by atoms with Gasteiger partial charge in [0, 0.05) is 30.3 Å². The largest absolute Gasteiger partial charge is 0.294 e. The number of benzene rings is 1. The fraction of sp³-hybridized carbons (Fsp3) is 0.200. The number of hydrogen-bond acceptors (Lipinski definition) is 2. The number of nitrogens with zero attached hydrogens (tertiary/aromatic N) is 1. The molecule has 0 aliphatic rings. The first-order valence-corrected chi connectivity index (χ1v) is 5.81. The van der Waals surface area contributed by atoms with Crippen LogP contribution in [0.2, 0.25) is 0 Å². The number of ketones is 1. The summed E-state index contributed by atoms with van der Waals surface area (Å²) in [5.74, 6) is 0.189. The van der Waals surface area contributed by atoms with E-state index in [0.717, 1.165) is 17.7 Å². The van der Waals surface area contributed by atoms with E-state index in [-0.39, 0.29) is 5.78 Å². The highest BCUT2D eigenvalue weighted by Gasteiger charge is 2.02. The van der Waals surface area contributed by atoms with Crippen LogP contribution in [-0.4, -0.2) is 10.8 Å². The number of carbonyl (C=O) groups is 1. The summed E-state index contributed by atoms with van der Waals surface area (Å²) in [6, 6.07) is 13.7. The highest BCUT2D eigenvalue weighted by atomic mass is 16.1. The molecule has 86 valence electrons. The van der Waals surface area contributed by atoms with E-state index in [1.54, 1.807) is 6.20 Å². The van der Waals surface area contributed by atoms with E-state index in [4.69, 9.17) is 0 Å². The molecule has 0 unspecified atom stereocenters. The van der Waals surface area contributed by atoms with Crippen molar-refractivity contribution in [2.45, 2.75) is 19.8 Å². The van der Waals surface area contributed by atoms with Gasteiger partial charge in [-0.25, -0.2) is 0 Å². The summed E-state index contributed by atoms with van der Waals surface area (Å²) in [5, 5.41) is 0. The maximum Gasteiger partial charge on any atom is 0.162 e. The third-order valence-corrected chi connectivity index (χ3v) is 2.71. The highest BCUT2D eigenvalue weighted by Crippen LogP contribution is 2.10. The van der Waals surface area contributed by atoms with Gasteiger partial charge in [0.1, 0.15) is 0 Å². The van der Waals surface area contributed by atoms with Crippen molar-refractivity contribution in [3.05, 3.63) is 65.5 Å². The minimum atomic E-state index is 0.189. The van der Waals surface area contributed by atoms with Crippen molar-refractivity contribution in [1.29, 1.82) is 0 Å². The topological polar surface area (TPSA) is 30.0 Å². The lowest BCUT2D eigenvalue weighted by molar-refractivity contribution is 0.0988. The van der Waals surface area contributed by atoms with Gasteiger partial charge in [-0.2, -0.15) is 0 Å². The molecule has 0 saturated heterocycles. The van der Waals surface area contributed by atoms with E-state index in [9.17, 15) is 4.79 Å². The molecule has 1 aromatic carbocycles. The molecule has 17 heavy (non-hydrogen) atoms. The van der Waals surface area contributed by atoms with Crippen LogP contribution in [0.5, 0.6) is 0 Å². The Morgan fingerprint density at radius 2 is 1.88 bits per heavy atom. The van der Waals surface area contributed by atoms with E-state index in [0.29, 0.717) is 6.42 Å². The summed E-state index contributed by atoms with van der Waals surface area (Å²) >= 11 is 0. The van der Waals surface area contributed by atoms with Crippen LogP contribution >= 0.6 is 0 Å². The van der Waals surface area contributed by atoms with Crippen LogP contribution in [-0.2, 0) is 6.42 Å². The van der Waals surface area contributed by atoms with Crippen LogP contribution in [0.1, 0.15) is 35.0 Å². The third kappa shape index (κ3) is 3.00. The molecule has 2 rings (SSSR count). The van der Waals surface area contributed by atoms with E-state index in [1.807, 2.05) is 49.4 Å². The van der Waals surface area contributed by atoms with E-state index < -0.39 is 0 Å². The molecule has 2 heteroatoms. The zero-order chi connectivity index (χ0) is 12.1. The molecular weight excluding hydrogens is 210 g/mol. The van der Waals surface area contributed by atoms with Crippen LogP contribution in [0.25, 0.3) is 0 Å². The normalized spacial score (nSPS) is 10.2. The standard InChI is InChI=1S/C15H15NO/c1-2-15(17)13-8-6-12(7-9-13)11-14-5-3-4-10-16-14/h3-10H,2,11H2,1H3. The minimum absolute atomic E-state index is 0.189. The lowest BCUT2D eigenvalue weighted by Crippen LogP contribution is -1.97. The van der Waals surface area contributed by atoms with Gasteiger partial charge < -0.3 is 0 Å². The maximum atomic E-state index is 11.5. The lowest BCUT2D eigenvalue weighted by atomic mass is 10.0. The molecule has 0 radical (unpaired) electrons. The van der Waals surface area contributed by atoms with Crippen LogP contribution in [0, 0.1) is 0 Å². The zero-order valence-corrected chi connectivity index (χ0v) is 9.89. The van der Waals surface area contributed by atoms with Gasteiger partial charge in [-0.1, -0.05) is 37.3 Å². The SMILES string of the molecule is CCC(=O)c1ccc(Cc2ccccn2)cc1. The Labute approximate surface area is 101 Å². The molecule has 0 bridgehead atoms. The first-order valence-electron chi connectivity index (χ1n) is 5.81. The average molecular weight is 225 g/mol. The predicted molar refractivity (Wildman–Crippen MR) is 68.1 cm³/mol. The molecule has 0 N–H and O–H groups in total. The van der Waals surface area contributed by atoms with Gasteiger partial charge in [0.25, 0.3) is 0 Å². The first-order chi connectivity index (χ1) is 8.29. The van der Waals surface area contributed by atoms with Gasteiger partial charge >= 0.3 is 0 Å². The smallest absolute Gasteiger partial charge is 0.162 e. The molecular formula is C15H15NO. The van der Waals surface area contributed by atoms with Gasteiger partial charge in [0.15, 0.2) is 5.78 Å². The fourth-order valence-electron chi connectivity index (χ4n) is 1.72. The van der Waals surface area contributed by atoms with Crippen molar-refractivity contribution in [2.75, 3.05) is 0 Å². The summed E-state index contributed by atoms with van der Waals surface area (Å²) in [6.07, 6.45) is 3.16. The Kier molecular flexibility index (Phi) is 3.66. The predicted octanol–water partition coefficient (Wildman–Crippen LogP) is 3.27. The van der Waals surface area contributed by atoms with Gasteiger partial charge in [0.05, 0.1) is 0 Å². The monoisotopic (exact) mass is 225 g/mol. The minimum Gasteiger partial charge on any atom is -0.294 e. The molecule has 0 aliphatic heterocycles. The fourth-order valence-corrected chi connectivity index (χ4v) is 1.72. The lowest BCUT2D eigenvalue weighted by Gasteiger charge is -2.02. The average Bonchev–Trinajstić information content (AvgIpc) is 2.40. The summed E-state index contributed by atoms with van der Waals surface area (Å²) in [4.78, 5) is 15.8. The van der Waals surface area contributed by atoms with Crippen molar-refractivity contribution in [1.82, 2.24) is 4.98 Å². The van der Waals surface area contributed by atoms with Crippen molar-refractivity contribution in [3.63, 3.8) is 0 Å².